The standard InChI is InChI=1S/C27H32NOP/c1-3-4-20-27(2)21-25(27)26(22-14-8-5-9-15-22)28-30(29,23-16-10-6-11-17-23)24-18-12-7-13-19-24/h5-19,25-26H,3-4,20-21H2,1-2H3,(H,28,29)/t25-,26-,27-/m1/s1. The second kappa shape index (κ2) is 8.92. The van der Waals surface area contributed by atoms with Crippen molar-refractivity contribution in [2.45, 2.75) is 45.6 Å². The Morgan fingerprint density at radius 3 is 1.90 bits per heavy atom. The van der Waals surface area contributed by atoms with Crippen LogP contribution in [0, 0.1) is 11.3 Å². The summed E-state index contributed by atoms with van der Waals surface area (Å²) in [4.78, 5) is 0. The highest BCUT2D eigenvalue weighted by molar-refractivity contribution is 7.76. The predicted molar refractivity (Wildman–Crippen MR) is 128 cm³/mol. The molecule has 3 atom stereocenters. The number of nitrogens with one attached hydrogen (secondary N) is 1. The van der Waals surface area contributed by atoms with Gasteiger partial charge in [0.05, 0.1) is 0 Å². The summed E-state index contributed by atoms with van der Waals surface area (Å²) in [5, 5.41) is 5.47. The number of hydrogen-bond donors (Lipinski definition) is 1. The van der Waals surface area contributed by atoms with Crippen LogP contribution in [-0.4, -0.2) is 0 Å². The van der Waals surface area contributed by atoms with E-state index in [9.17, 15) is 4.57 Å². The lowest BCUT2D eigenvalue weighted by atomic mass is 9.93. The highest BCUT2D eigenvalue weighted by Gasteiger charge is 2.54. The normalized spacial score (nSPS) is 21.9. The van der Waals surface area contributed by atoms with Crippen molar-refractivity contribution in [3.8, 4) is 0 Å². The Morgan fingerprint density at radius 2 is 1.40 bits per heavy atom. The Morgan fingerprint density at radius 1 is 0.900 bits per heavy atom. The molecular weight excluding hydrogens is 385 g/mol. The van der Waals surface area contributed by atoms with Crippen molar-refractivity contribution in [2.24, 2.45) is 11.3 Å². The van der Waals surface area contributed by atoms with Gasteiger partial charge >= 0.3 is 0 Å². The van der Waals surface area contributed by atoms with Crippen molar-refractivity contribution in [3.63, 3.8) is 0 Å². The average molecular weight is 418 g/mol. The topological polar surface area (TPSA) is 29.1 Å². The van der Waals surface area contributed by atoms with Crippen LogP contribution in [0.2, 0.25) is 0 Å². The summed E-state index contributed by atoms with van der Waals surface area (Å²) in [5.41, 5.74) is 1.55. The molecule has 0 saturated heterocycles. The molecule has 0 radical (unpaired) electrons. The molecule has 30 heavy (non-hydrogen) atoms. The first-order chi connectivity index (χ1) is 14.6. The Kier molecular flexibility index (Phi) is 6.27. The second-order valence-electron chi connectivity index (χ2n) is 8.87. The summed E-state index contributed by atoms with van der Waals surface area (Å²) < 4.78 is 14.6. The molecule has 1 aliphatic rings. The van der Waals surface area contributed by atoms with E-state index < -0.39 is 7.29 Å². The van der Waals surface area contributed by atoms with Gasteiger partial charge in [-0.3, -0.25) is 9.65 Å². The molecule has 1 N–H and O–H groups in total. The van der Waals surface area contributed by atoms with Crippen molar-refractivity contribution in [3.05, 3.63) is 96.6 Å². The van der Waals surface area contributed by atoms with Crippen molar-refractivity contribution >= 4 is 17.9 Å². The van der Waals surface area contributed by atoms with Crippen molar-refractivity contribution in [1.29, 1.82) is 0 Å². The van der Waals surface area contributed by atoms with Gasteiger partial charge in [0.1, 0.15) is 0 Å². The maximum absolute atomic E-state index is 14.6. The maximum Gasteiger partial charge on any atom is 0.205 e. The molecule has 0 aliphatic heterocycles. The lowest BCUT2D eigenvalue weighted by Crippen LogP contribution is -2.32. The molecule has 0 unspecified atom stereocenters. The molecule has 1 saturated carbocycles. The van der Waals surface area contributed by atoms with Gasteiger partial charge in [0.15, 0.2) is 0 Å². The minimum absolute atomic E-state index is 0.0688. The smallest absolute Gasteiger partial charge is 0.205 e. The van der Waals surface area contributed by atoms with E-state index in [-0.39, 0.29) is 6.04 Å². The molecule has 0 heterocycles. The molecule has 3 aromatic rings. The molecule has 0 spiro atoms. The Labute approximate surface area is 181 Å². The average Bonchev–Trinajstić information content (AvgIpc) is 3.48. The van der Waals surface area contributed by atoms with Gasteiger partial charge < -0.3 is 0 Å². The van der Waals surface area contributed by atoms with Crippen LogP contribution < -0.4 is 15.7 Å². The van der Waals surface area contributed by atoms with Crippen LogP contribution in [0.5, 0.6) is 0 Å². The molecule has 3 aromatic carbocycles. The first-order valence-electron chi connectivity index (χ1n) is 11.1. The fourth-order valence-corrected chi connectivity index (χ4v) is 7.16. The fraction of sp³-hybridized carbons (Fsp3) is 0.333. The number of rotatable bonds is 9. The zero-order valence-electron chi connectivity index (χ0n) is 18.0. The van der Waals surface area contributed by atoms with Crippen LogP contribution >= 0.6 is 7.29 Å². The first-order valence-corrected chi connectivity index (χ1v) is 12.8. The van der Waals surface area contributed by atoms with E-state index in [1.165, 1.54) is 31.2 Å². The van der Waals surface area contributed by atoms with E-state index in [0.717, 1.165) is 10.6 Å². The minimum atomic E-state index is -2.99. The highest BCUT2D eigenvalue weighted by Crippen LogP contribution is 2.62. The maximum atomic E-state index is 14.6. The van der Waals surface area contributed by atoms with Crippen molar-refractivity contribution in [2.75, 3.05) is 0 Å². The Balaban J connectivity index is 1.74. The molecule has 3 heteroatoms. The van der Waals surface area contributed by atoms with Gasteiger partial charge in [-0.2, -0.15) is 0 Å². The summed E-state index contributed by atoms with van der Waals surface area (Å²) in [7, 11) is -2.99. The Hall–Kier alpha value is -2.15. The summed E-state index contributed by atoms with van der Waals surface area (Å²) in [6, 6.07) is 30.5. The van der Waals surface area contributed by atoms with Crippen LogP contribution in [0.25, 0.3) is 0 Å². The third kappa shape index (κ3) is 4.31. The number of hydrogen-bond acceptors (Lipinski definition) is 1. The molecule has 0 amide bonds. The van der Waals surface area contributed by atoms with E-state index in [1.807, 2.05) is 60.7 Å². The van der Waals surface area contributed by atoms with Crippen LogP contribution in [0.1, 0.15) is 51.1 Å². The van der Waals surface area contributed by atoms with Crippen LogP contribution in [-0.2, 0) is 4.57 Å². The van der Waals surface area contributed by atoms with Crippen LogP contribution in [0.15, 0.2) is 91.0 Å². The third-order valence-electron chi connectivity index (χ3n) is 6.64. The summed E-state index contributed by atoms with van der Waals surface area (Å²) >= 11 is 0. The van der Waals surface area contributed by atoms with Crippen molar-refractivity contribution < 1.29 is 4.57 Å². The summed E-state index contributed by atoms with van der Waals surface area (Å²) in [5.74, 6) is 0.493. The van der Waals surface area contributed by atoms with E-state index in [4.69, 9.17) is 0 Å². The third-order valence-corrected chi connectivity index (χ3v) is 9.34. The van der Waals surface area contributed by atoms with Crippen molar-refractivity contribution in [1.82, 2.24) is 5.09 Å². The zero-order chi connectivity index (χ0) is 21.0. The molecular formula is C27H32NOP. The fourth-order valence-electron chi connectivity index (χ4n) is 4.66. The van der Waals surface area contributed by atoms with Gasteiger partial charge in [0.2, 0.25) is 7.29 Å². The van der Waals surface area contributed by atoms with Gasteiger partial charge in [0, 0.05) is 16.7 Å². The first kappa shape index (κ1) is 21.1. The SMILES string of the molecule is CCCC[C@]1(C)C[C@@H]1[C@H](NP(=O)(c1ccccc1)c1ccccc1)c1ccccc1. The predicted octanol–water partition coefficient (Wildman–Crippen LogP) is 6.46. The molecule has 2 nitrogen and oxygen atoms in total. The van der Waals surface area contributed by atoms with E-state index in [1.54, 1.807) is 0 Å². The van der Waals surface area contributed by atoms with Gasteiger partial charge in [-0.05, 0) is 54.0 Å². The molecule has 156 valence electrons. The minimum Gasteiger partial charge on any atom is -0.297 e. The summed E-state index contributed by atoms with van der Waals surface area (Å²) in [6.07, 6.45) is 4.89. The Bertz CT molecular complexity index is 946. The van der Waals surface area contributed by atoms with Crippen LogP contribution in [0.4, 0.5) is 0 Å². The molecule has 0 aromatic heterocycles. The largest absolute Gasteiger partial charge is 0.297 e. The molecule has 1 aliphatic carbocycles. The lowest BCUT2D eigenvalue weighted by Gasteiger charge is -2.29. The quantitative estimate of drug-likeness (QED) is 0.405. The summed E-state index contributed by atoms with van der Waals surface area (Å²) in [6.45, 7) is 4.66. The van der Waals surface area contributed by atoms with Gasteiger partial charge in [-0.15, -0.1) is 0 Å². The highest BCUT2D eigenvalue weighted by atomic mass is 31.2. The lowest BCUT2D eigenvalue weighted by molar-refractivity contribution is 0.396. The van der Waals surface area contributed by atoms with Gasteiger partial charge in [-0.1, -0.05) is 93.4 Å². The monoisotopic (exact) mass is 417 g/mol. The van der Waals surface area contributed by atoms with Gasteiger partial charge in [-0.25, -0.2) is 0 Å². The molecule has 4 rings (SSSR count). The second-order valence-corrected chi connectivity index (χ2v) is 11.4. The number of unbranched alkanes of at least 4 members (excludes halogenated alkanes) is 1. The zero-order valence-corrected chi connectivity index (χ0v) is 18.9. The van der Waals surface area contributed by atoms with E-state index >= 15 is 0 Å². The van der Waals surface area contributed by atoms with Gasteiger partial charge in [0.25, 0.3) is 0 Å². The van der Waals surface area contributed by atoms with E-state index in [2.05, 4.69) is 49.3 Å². The number of benzene rings is 3. The van der Waals surface area contributed by atoms with E-state index in [0.29, 0.717) is 11.3 Å². The molecule has 1 fully saturated rings. The molecule has 0 bridgehead atoms. The van der Waals surface area contributed by atoms with Crippen LogP contribution in [0.3, 0.4) is 0 Å².